The smallest absolute Gasteiger partial charge is 0.326 e. The summed E-state index contributed by atoms with van der Waals surface area (Å²) in [6.07, 6.45) is 1.90. The second-order valence-corrected chi connectivity index (χ2v) is 9.04. The molecule has 2 fully saturated rings. The Morgan fingerprint density at radius 3 is 2.65 bits per heavy atom. The van der Waals surface area contributed by atoms with Crippen molar-refractivity contribution in [1.29, 1.82) is 0 Å². The van der Waals surface area contributed by atoms with E-state index in [4.69, 9.17) is 9.47 Å². The highest BCUT2D eigenvalue weighted by atomic mass is 16.6. The number of nitrogens with one attached hydrogen (secondary N) is 1. The Morgan fingerprint density at radius 2 is 1.90 bits per heavy atom. The van der Waals surface area contributed by atoms with Crippen LogP contribution in [0, 0.1) is 13.8 Å². The number of hydrogen-bond acceptors (Lipinski definition) is 4. The van der Waals surface area contributed by atoms with E-state index in [9.17, 15) is 4.79 Å². The fraction of sp³-hybridized carbons (Fsp3) is 0.480. The van der Waals surface area contributed by atoms with Crippen LogP contribution in [0.15, 0.2) is 47.3 Å². The molecule has 5 rings (SSSR count). The van der Waals surface area contributed by atoms with Crippen LogP contribution in [0.25, 0.3) is 11.0 Å². The van der Waals surface area contributed by atoms with Crippen LogP contribution in [0.4, 0.5) is 0 Å². The number of nitrogens with zero attached hydrogens (tertiary/aromatic N) is 2. The molecule has 1 aromatic heterocycles. The number of likely N-dealkylation sites (tertiary alicyclic amines) is 1. The van der Waals surface area contributed by atoms with E-state index in [0.29, 0.717) is 19.8 Å². The third-order valence-electron chi connectivity index (χ3n) is 6.85. The molecule has 0 spiro atoms. The maximum absolute atomic E-state index is 12.7. The minimum Gasteiger partial charge on any atom is -0.376 e. The zero-order valence-corrected chi connectivity index (χ0v) is 18.4. The van der Waals surface area contributed by atoms with E-state index in [1.54, 1.807) is 0 Å². The summed E-state index contributed by atoms with van der Waals surface area (Å²) in [6.45, 7) is 8.76. The average Bonchev–Trinajstić information content (AvgIpc) is 3.10. The molecule has 0 amide bonds. The number of hydrogen-bond donors (Lipinski definition) is 1. The zero-order chi connectivity index (χ0) is 21.4. The number of aromatic amines is 1. The highest BCUT2D eigenvalue weighted by Crippen LogP contribution is 2.34. The second kappa shape index (κ2) is 8.26. The SMILES string of the molecule is Cc1ccc2[nH]c(=O)n(C3CCN(CC4(c5ccccc5C)COCCO4)CC3)c2c1. The van der Waals surface area contributed by atoms with Crippen LogP contribution in [-0.4, -0.2) is 53.9 Å². The van der Waals surface area contributed by atoms with Gasteiger partial charge in [0.1, 0.15) is 5.60 Å². The summed E-state index contributed by atoms with van der Waals surface area (Å²) in [5.41, 5.74) is 5.15. The first-order valence-corrected chi connectivity index (χ1v) is 11.3. The predicted molar refractivity (Wildman–Crippen MR) is 122 cm³/mol. The Balaban J connectivity index is 1.35. The van der Waals surface area contributed by atoms with Crippen molar-refractivity contribution < 1.29 is 9.47 Å². The fourth-order valence-corrected chi connectivity index (χ4v) is 5.28. The molecule has 2 aromatic carbocycles. The Morgan fingerprint density at radius 1 is 1.10 bits per heavy atom. The van der Waals surface area contributed by atoms with E-state index < -0.39 is 5.60 Å². The number of aryl methyl sites for hydroxylation is 2. The molecule has 31 heavy (non-hydrogen) atoms. The van der Waals surface area contributed by atoms with Crippen molar-refractivity contribution in [3.63, 3.8) is 0 Å². The molecule has 3 aromatic rings. The van der Waals surface area contributed by atoms with Crippen molar-refractivity contribution in [2.75, 3.05) is 39.5 Å². The van der Waals surface area contributed by atoms with Crippen molar-refractivity contribution in [3.8, 4) is 0 Å². The maximum atomic E-state index is 12.7. The van der Waals surface area contributed by atoms with Crippen LogP contribution in [0.5, 0.6) is 0 Å². The maximum Gasteiger partial charge on any atom is 0.326 e. The van der Waals surface area contributed by atoms with E-state index in [0.717, 1.165) is 43.5 Å². The second-order valence-electron chi connectivity index (χ2n) is 9.04. The van der Waals surface area contributed by atoms with Gasteiger partial charge in [-0.1, -0.05) is 30.3 Å². The van der Waals surface area contributed by atoms with Gasteiger partial charge in [-0.05, 0) is 55.5 Å². The molecule has 0 radical (unpaired) electrons. The van der Waals surface area contributed by atoms with Gasteiger partial charge in [0, 0.05) is 25.7 Å². The highest BCUT2D eigenvalue weighted by Gasteiger charge is 2.40. The Kier molecular flexibility index (Phi) is 5.46. The molecule has 1 unspecified atom stereocenters. The topological polar surface area (TPSA) is 59.5 Å². The van der Waals surface area contributed by atoms with E-state index in [1.165, 1.54) is 16.7 Å². The van der Waals surface area contributed by atoms with Gasteiger partial charge in [0.25, 0.3) is 0 Å². The van der Waals surface area contributed by atoms with Crippen LogP contribution >= 0.6 is 0 Å². The lowest BCUT2D eigenvalue weighted by Gasteiger charge is -2.43. The monoisotopic (exact) mass is 421 g/mol. The van der Waals surface area contributed by atoms with E-state index in [1.807, 2.05) is 16.7 Å². The van der Waals surface area contributed by atoms with E-state index in [-0.39, 0.29) is 11.7 Å². The Hall–Kier alpha value is -2.41. The number of H-pyrrole nitrogens is 1. The van der Waals surface area contributed by atoms with E-state index in [2.05, 4.69) is 54.1 Å². The van der Waals surface area contributed by atoms with Gasteiger partial charge in [-0.3, -0.25) is 9.47 Å². The molecule has 2 aliphatic rings. The van der Waals surface area contributed by atoms with Crippen molar-refractivity contribution in [2.24, 2.45) is 0 Å². The largest absolute Gasteiger partial charge is 0.376 e. The van der Waals surface area contributed by atoms with Crippen molar-refractivity contribution >= 4 is 11.0 Å². The third-order valence-corrected chi connectivity index (χ3v) is 6.85. The molecule has 164 valence electrons. The quantitative estimate of drug-likeness (QED) is 0.700. The predicted octanol–water partition coefficient (Wildman–Crippen LogP) is 3.53. The lowest BCUT2D eigenvalue weighted by molar-refractivity contribution is -0.174. The first-order valence-electron chi connectivity index (χ1n) is 11.3. The molecule has 3 heterocycles. The van der Waals surface area contributed by atoms with Gasteiger partial charge >= 0.3 is 5.69 Å². The number of rotatable bonds is 4. The van der Waals surface area contributed by atoms with Crippen molar-refractivity contribution in [1.82, 2.24) is 14.5 Å². The van der Waals surface area contributed by atoms with Gasteiger partial charge in [0.2, 0.25) is 0 Å². The number of aromatic nitrogens is 2. The lowest BCUT2D eigenvalue weighted by atomic mass is 9.88. The van der Waals surface area contributed by atoms with Crippen LogP contribution in [0.2, 0.25) is 0 Å². The molecule has 0 aliphatic carbocycles. The summed E-state index contributed by atoms with van der Waals surface area (Å²) >= 11 is 0. The minimum absolute atomic E-state index is 0.000514. The summed E-state index contributed by atoms with van der Waals surface area (Å²) in [6, 6.07) is 14.9. The summed E-state index contributed by atoms with van der Waals surface area (Å²) in [5.74, 6) is 0. The van der Waals surface area contributed by atoms with Gasteiger partial charge in [0.15, 0.2) is 0 Å². The average molecular weight is 422 g/mol. The first kappa shape index (κ1) is 20.5. The number of piperidine rings is 1. The number of benzene rings is 2. The van der Waals surface area contributed by atoms with Crippen LogP contribution in [0.1, 0.15) is 35.6 Å². The molecule has 0 saturated carbocycles. The normalized spacial score (nSPS) is 23.4. The molecule has 2 aliphatic heterocycles. The molecule has 6 heteroatoms. The highest BCUT2D eigenvalue weighted by molar-refractivity contribution is 5.76. The minimum atomic E-state index is -0.425. The van der Waals surface area contributed by atoms with Gasteiger partial charge in [0.05, 0.1) is 30.9 Å². The number of ether oxygens (including phenoxy) is 2. The van der Waals surface area contributed by atoms with Crippen molar-refractivity contribution in [2.45, 2.75) is 38.3 Å². The Bertz CT molecular complexity index is 1120. The molecule has 0 bridgehead atoms. The van der Waals surface area contributed by atoms with Gasteiger partial charge in [-0.2, -0.15) is 0 Å². The standard InChI is InChI=1S/C25H31N3O3/c1-18-7-8-22-23(15-18)28(24(29)26-22)20-9-11-27(12-10-20)16-25(17-30-13-14-31-25)21-6-4-3-5-19(21)2/h3-8,15,20H,9-14,16-17H2,1-2H3,(H,26,29). The van der Waals surface area contributed by atoms with Gasteiger partial charge < -0.3 is 14.5 Å². The summed E-state index contributed by atoms with van der Waals surface area (Å²) in [5, 5.41) is 0. The Labute approximate surface area is 182 Å². The zero-order valence-electron chi connectivity index (χ0n) is 18.4. The summed E-state index contributed by atoms with van der Waals surface area (Å²) < 4.78 is 14.3. The van der Waals surface area contributed by atoms with Gasteiger partial charge in [-0.25, -0.2) is 4.79 Å². The first-order chi connectivity index (χ1) is 15.1. The van der Waals surface area contributed by atoms with E-state index >= 15 is 0 Å². The fourth-order valence-electron chi connectivity index (χ4n) is 5.28. The molecule has 2 saturated heterocycles. The van der Waals surface area contributed by atoms with Crippen LogP contribution in [0.3, 0.4) is 0 Å². The van der Waals surface area contributed by atoms with Gasteiger partial charge in [-0.15, -0.1) is 0 Å². The van der Waals surface area contributed by atoms with Crippen molar-refractivity contribution in [3.05, 3.63) is 69.6 Å². The molecular formula is C25H31N3O3. The summed E-state index contributed by atoms with van der Waals surface area (Å²) in [7, 11) is 0. The molecule has 1 N–H and O–H groups in total. The third kappa shape index (κ3) is 3.84. The van der Waals surface area contributed by atoms with Crippen LogP contribution < -0.4 is 5.69 Å². The molecular weight excluding hydrogens is 390 g/mol. The van der Waals surface area contributed by atoms with Crippen LogP contribution in [-0.2, 0) is 15.1 Å². The molecule has 6 nitrogen and oxygen atoms in total. The molecule has 1 atom stereocenters. The number of fused-ring (bicyclic) bond motifs is 1. The lowest BCUT2D eigenvalue weighted by Crippen LogP contribution is -2.51. The number of imidazole rings is 1. The summed E-state index contributed by atoms with van der Waals surface area (Å²) in [4.78, 5) is 18.2.